The maximum absolute atomic E-state index is 12.3. The van der Waals surface area contributed by atoms with Crippen LogP contribution in [0, 0.1) is 18.3 Å². The minimum absolute atomic E-state index is 0.278. The number of halogens is 1. The minimum atomic E-state index is -0.343. The molecule has 0 saturated heterocycles. The van der Waals surface area contributed by atoms with Crippen molar-refractivity contribution in [3.8, 4) is 6.07 Å². The van der Waals surface area contributed by atoms with Crippen molar-refractivity contribution in [1.82, 2.24) is 4.98 Å². The van der Waals surface area contributed by atoms with E-state index in [0.29, 0.717) is 16.3 Å². The first-order valence-corrected chi connectivity index (χ1v) is 8.24. The largest absolute Gasteiger partial charge is 0.354 e. The number of carbonyl (C=O) groups excluding carboxylic acids is 1. The lowest BCUT2D eigenvalue weighted by Crippen LogP contribution is -2.13. The third kappa shape index (κ3) is 4.18. The zero-order valence-electron chi connectivity index (χ0n) is 14.0. The molecule has 0 atom stereocenters. The lowest BCUT2D eigenvalue weighted by Gasteiger charge is -2.09. The van der Waals surface area contributed by atoms with Gasteiger partial charge in [-0.15, -0.1) is 0 Å². The van der Waals surface area contributed by atoms with Crippen LogP contribution in [0.2, 0.25) is 5.02 Å². The maximum atomic E-state index is 12.3. The zero-order chi connectivity index (χ0) is 18.5. The van der Waals surface area contributed by atoms with Crippen molar-refractivity contribution < 1.29 is 4.79 Å². The normalized spacial score (nSPS) is 10.0. The van der Waals surface area contributed by atoms with E-state index in [2.05, 4.69) is 15.6 Å². The number of benzene rings is 2. The number of carbonyl (C=O) groups is 1. The van der Waals surface area contributed by atoms with Crippen LogP contribution in [0.3, 0.4) is 0 Å². The molecule has 0 aliphatic rings. The Morgan fingerprint density at radius 3 is 2.58 bits per heavy atom. The van der Waals surface area contributed by atoms with Gasteiger partial charge in [0.25, 0.3) is 5.91 Å². The first-order chi connectivity index (χ1) is 12.5. The van der Waals surface area contributed by atoms with Gasteiger partial charge in [0.05, 0.1) is 23.5 Å². The number of hydrogen-bond acceptors (Lipinski definition) is 4. The molecule has 0 aliphatic carbocycles. The number of nitriles is 1. The fraction of sp³-hybridized carbons (Fsp3) is 0.0500. The highest BCUT2D eigenvalue weighted by Crippen LogP contribution is 2.23. The third-order valence-electron chi connectivity index (χ3n) is 3.71. The maximum Gasteiger partial charge on any atom is 0.274 e. The molecule has 128 valence electrons. The molecule has 0 aliphatic heterocycles. The summed E-state index contributed by atoms with van der Waals surface area (Å²) in [4.78, 5) is 16.5. The SMILES string of the molecule is Cc1ccc(Nc2ccc(C(=O)Nc3cccc(C#N)c3)nc2)cc1Cl. The Morgan fingerprint density at radius 1 is 1.08 bits per heavy atom. The first kappa shape index (κ1) is 17.5. The Balaban J connectivity index is 1.69. The number of nitrogens with zero attached hydrogens (tertiary/aromatic N) is 2. The standard InChI is InChI=1S/C20H15ClN4O/c1-13-5-6-16(10-18(13)21)24-17-7-8-19(23-12-17)20(26)25-15-4-2-3-14(9-15)11-22/h2-10,12,24H,1H3,(H,25,26). The highest BCUT2D eigenvalue weighted by atomic mass is 35.5. The monoisotopic (exact) mass is 362 g/mol. The second-order valence-electron chi connectivity index (χ2n) is 5.67. The summed E-state index contributed by atoms with van der Waals surface area (Å²) in [5.74, 6) is -0.343. The van der Waals surface area contributed by atoms with Gasteiger partial charge in [-0.1, -0.05) is 23.7 Å². The van der Waals surface area contributed by atoms with Crippen LogP contribution < -0.4 is 10.6 Å². The lowest BCUT2D eigenvalue weighted by molar-refractivity contribution is 0.102. The summed E-state index contributed by atoms with van der Waals surface area (Å²) in [6.07, 6.45) is 1.58. The van der Waals surface area contributed by atoms with E-state index in [-0.39, 0.29) is 11.6 Å². The summed E-state index contributed by atoms with van der Waals surface area (Å²) >= 11 is 6.12. The van der Waals surface area contributed by atoms with E-state index >= 15 is 0 Å². The Hall–Kier alpha value is -3.36. The minimum Gasteiger partial charge on any atom is -0.354 e. The molecule has 2 aromatic carbocycles. The van der Waals surface area contributed by atoms with Gasteiger partial charge >= 0.3 is 0 Å². The van der Waals surface area contributed by atoms with Gasteiger partial charge < -0.3 is 10.6 Å². The van der Waals surface area contributed by atoms with Gasteiger partial charge in [0.2, 0.25) is 0 Å². The van der Waals surface area contributed by atoms with Crippen LogP contribution in [0.1, 0.15) is 21.6 Å². The summed E-state index contributed by atoms with van der Waals surface area (Å²) in [7, 11) is 0. The molecule has 0 bridgehead atoms. The predicted molar refractivity (Wildman–Crippen MR) is 103 cm³/mol. The molecule has 0 spiro atoms. The van der Waals surface area contributed by atoms with Crippen molar-refractivity contribution in [2.45, 2.75) is 6.92 Å². The van der Waals surface area contributed by atoms with Gasteiger partial charge in [0, 0.05) is 16.4 Å². The number of amides is 1. The van der Waals surface area contributed by atoms with Gasteiger partial charge in [-0.2, -0.15) is 5.26 Å². The van der Waals surface area contributed by atoms with Crippen LogP contribution in [0.5, 0.6) is 0 Å². The molecular weight excluding hydrogens is 348 g/mol. The fourth-order valence-electron chi connectivity index (χ4n) is 2.30. The van der Waals surface area contributed by atoms with Gasteiger partial charge in [-0.25, -0.2) is 4.98 Å². The van der Waals surface area contributed by atoms with Crippen molar-refractivity contribution in [3.63, 3.8) is 0 Å². The zero-order valence-corrected chi connectivity index (χ0v) is 14.7. The van der Waals surface area contributed by atoms with Gasteiger partial charge in [-0.3, -0.25) is 4.79 Å². The molecule has 2 N–H and O–H groups in total. The van der Waals surface area contributed by atoms with E-state index in [1.165, 1.54) is 0 Å². The fourth-order valence-corrected chi connectivity index (χ4v) is 2.48. The van der Waals surface area contributed by atoms with Crippen molar-refractivity contribution >= 4 is 34.6 Å². The summed E-state index contributed by atoms with van der Waals surface area (Å²) in [5, 5.41) is 15.5. The number of rotatable bonds is 4. The average Bonchev–Trinajstić information content (AvgIpc) is 2.65. The van der Waals surface area contributed by atoms with Crippen molar-refractivity contribution in [1.29, 1.82) is 5.26 Å². The van der Waals surface area contributed by atoms with Crippen molar-refractivity contribution in [2.75, 3.05) is 10.6 Å². The highest BCUT2D eigenvalue weighted by Gasteiger charge is 2.08. The van der Waals surface area contributed by atoms with Gasteiger partial charge in [0.1, 0.15) is 5.69 Å². The Labute approximate surface area is 156 Å². The summed E-state index contributed by atoms with van der Waals surface area (Å²) in [5.41, 5.74) is 3.89. The van der Waals surface area contributed by atoms with E-state index in [4.69, 9.17) is 16.9 Å². The average molecular weight is 363 g/mol. The molecule has 1 amide bonds. The van der Waals surface area contributed by atoms with Crippen molar-refractivity contribution in [3.05, 3.63) is 82.6 Å². The van der Waals surface area contributed by atoms with Crippen LogP contribution in [0.4, 0.5) is 17.1 Å². The smallest absolute Gasteiger partial charge is 0.274 e. The number of pyridine rings is 1. The van der Waals surface area contributed by atoms with Crippen LogP contribution >= 0.6 is 11.6 Å². The second-order valence-corrected chi connectivity index (χ2v) is 6.08. The van der Waals surface area contributed by atoms with Gasteiger partial charge in [0.15, 0.2) is 0 Å². The first-order valence-electron chi connectivity index (χ1n) is 7.86. The topological polar surface area (TPSA) is 77.8 Å². The van der Waals surface area contributed by atoms with Crippen LogP contribution in [-0.2, 0) is 0 Å². The Bertz CT molecular complexity index is 993. The Morgan fingerprint density at radius 2 is 1.88 bits per heavy atom. The molecular formula is C20H15ClN4O. The molecule has 0 fully saturated rings. The molecule has 1 heterocycles. The number of aromatic nitrogens is 1. The molecule has 0 radical (unpaired) electrons. The number of hydrogen-bond donors (Lipinski definition) is 2. The van der Waals surface area contributed by atoms with Crippen LogP contribution in [0.25, 0.3) is 0 Å². The predicted octanol–water partition coefficient (Wildman–Crippen LogP) is 4.91. The Kier molecular flexibility index (Phi) is 5.16. The second kappa shape index (κ2) is 7.68. The summed E-state index contributed by atoms with van der Waals surface area (Å²) in [6.45, 7) is 1.94. The summed E-state index contributed by atoms with van der Waals surface area (Å²) in [6, 6.07) is 17.8. The molecule has 0 unspecified atom stereocenters. The van der Waals surface area contributed by atoms with E-state index in [1.54, 1.807) is 42.6 Å². The highest BCUT2D eigenvalue weighted by molar-refractivity contribution is 6.31. The molecule has 26 heavy (non-hydrogen) atoms. The third-order valence-corrected chi connectivity index (χ3v) is 4.11. The molecule has 1 aromatic heterocycles. The summed E-state index contributed by atoms with van der Waals surface area (Å²) < 4.78 is 0. The van der Waals surface area contributed by atoms with E-state index in [0.717, 1.165) is 16.9 Å². The van der Waals surface area contributed by atoms with Crippen molar-refractivity contribution in [2.24, 2.45) is 0 Å². The quantitative estimate of drug-likeness (QED) is 0.691. The lowest BCUT2D eigenvalue weighted by atomic mass is 10.2. The van der Waals surface area contributed by atoms with E-state index < -0.39 is 0 Å². The van der Waals surface area contributed by atoms with E-state index in [1.807, 2.05) is 31.2 Å². The van der Waals surface area contributed by atoms with Gasteiger partial charge in [-0.05, 0) is 55.0 Å². The molecule has 6 heteroatoms. The molecule has 3 rings (SSSR count). The number of anilines is 3. The van der Waals surface area contributed by atoms with Crippen LogP contribution in [0.15, 0.2) is 60.8 Å². The van der Waals surface area contributed by atoms with Crippen LogP contribution in [-0.4, -0.2) is 10.9 Å². The number of aryl methyl sites for hydroxylation is 1. The number of nitrogens with one attached hydrogen (secondary N) is 2. The van der Waals surface area contributed by atoms with E-state index in [9.17, 15) is 4.79 Å². The molecule has 3 aromatic rings. The molecule has 5 nitrogen and oxygen atoms in total. The molecule has 0 saturated carbocycles.